The van der Waals surface area contributed by atoms with Crippen molar-refractivity contribution in [2.45, 2.75) is 57.7 Å². The number of methoxy groups -OCH3 is 2. The average Bonchev–Trinajstić information content (AvgIpc) is 3.26. The fraction of sp³-hybridized carbons (Fsp3) is 0.519. The quantitative estimate of drug-likeness (QED) is 0.602. The fourth-order valence-electron chi connectivity index (χ4n) is 5.52. The smallest absolute Gasteiger partial charge is 0.253 e. The van der Waals surface area contributed by atoms with Gasteiger partial charge >= 0.3 is 0 Å². The van der Waals surface area contributed by atoms with E-state index < -0.39 is 0 Å². The van der Waals surface area contributed by atoms with Gasteiger partial charge in [-0.05, 0) is 69.7 Å². The van der Waals surface area contributed by atoms with Crippen LogP contribution in [0.25, 0.3) is 0 Å². The summed E-state index contributed by atoms with van der Waals surface area (Å²) >= 11 is 0. The second-order valence-corrected chi connectivity index (χ2v) is 9.67. The van der Waals surface area contributed by atoms with Gasteiger partial charge in [0.25, 0.3) is 11.8 Å². The second-order valence-electron chi connectivity index (χ2n) is 9.67. The van der Waals surface area contributed by atoms with Crippen molar-refractivity contribution in [1.29, 1.82) is 0 Å². The minimum atomic E-state index is -0.151. The topological polar surface area (TPSA) is 92.8 Å². The molecule has 8 nitrogen and oxygen atoms in total. The van der Waals surface area contributed by atoms with E-state index in [1.54, 1.807) is 20.4 Å². The molecule has 2 heterocycles. The molecule has 188 valence electrons. The van der Waals surface area contributed by atoms with Crippen molar-refractivity contribution in [2.24, 2.45) is 5.92 Å². The van der Waals surface area contributed by atoms with Crippen molar-refractivity contribution in [2.75, 3.05) is 32.3 Å². The van der Waals surface area contributed by atoms with E-state index in [4.69, 9.17) is 9.47 Å². The molecule has 35 heavy (non-hydrogen) atoms. The zero-order valence-electron chi connectivity index (χ0n) is 21.0. The summed E-state index contributed by atoms with van der Waals surface area (Å²) in [4.78, 5) is 32.5. The number of hydrogen-bond acceptors (Lipinski definition) is 6. The summed E-state index contributed by atoms with van der Waals surface area (Å²) in [6.07, 6.45) is 5.75. The number of aromatic nitrogens is 1. The van der Waals surface area contributed by atoms with E-state index in [2.05, 4.69) is 20.5 Å². The lowest BCUT2D eigenvalue weighted by Gasteiger charge is -2.38. The molecule has 2 aliphatic rings. The highest BCUT2D eigenvalue weighted by molar-refractivity contribution is 5.96. The number of anilines is 1. The highest BCUT2D eigenvalue weighted by atomic mass is 16.5. The molecule has 2 amide bonds. The Bertz CT molecular complexity index is 1040. The molecule has 0 spiro atoms. The number of nitrogens with zero attached hydrogens (tertiary/aromatic N) is 2. The number of carbonyl (C=O) groups is 2. The lowest BCUT2D eigenvalue weighted by Crippen LogP contribution is -2.43. The Balaban J connectivity index is 1.41. The molecule has 1 aliphatic heterocycles. The van der Waals surface area contributed by atoms with Crippen LogP contribution in [0.3, 0.4) is 0 Å². The van der Waals surface area contributed by atoms with Crippen molar-refractivity contribution in [1.82, 2.24) is 15.6 Å². The number of hydrogen-bond donors (Lipinski definition) is 2. The highest BCUT2D eigenvalue weighted by Crippen LogP contribution is 2.39. The fourth-order valence-corrected chi connectivity index (χ4v) is 5.52. The summed E-state index contributed by atoms with van der Waals surface area (Å²) < 4.78 is 10.5. The van der Waals surface area contributed by atoms with Crippen LogP contribution in [0.4, 0.5) is 5.82 Å². The minimum Gasteiger partial charge on any atom is -0.496 e. The summed E-state index contributed by atoms with van der Waals surface area (Å²) in [5.41, 5.74) is 2.05. The molecule has 1 saturated carbocycles. The molecule has 1 aromatic carbocycles. The maximum Gasteiger partial charge on any atom is 0.253 e. The first kappa shape index (κ1) is 25.0. The van der Waals surface area contributed by atoms with E-state index in [-0.39, 0.29) is 23.9 Å². The molecular formula is C27H36N4O4. The standard InChI is InChI=1S/C27H36N4O4/c1-17(16-34-3)29-26(32)20-10-11-25(28-15-20)31-12-6-7-19-13-21(14-23(19)31)30-27(33)22-8-5-9-24(35-4)18(22)2/h5,8-11,15,17,19,21,23H,6-7,12-14,16H2,1-4H3,(H,29,32)(H,30,33)/t17-,19?,21?,23?/m0/s1. The molecule has 2 aromatic rings. The maximum absolute atomic E-state index is 13.0. The predicted molar refractivity (Wildman–Crippen MR) is 135 cm³/mol. The van der Waals surface area contributed by atoms with E-state index in [1.807, 2.05) is 44.2 Å². The number of benzene rings is 1. The average molecular weight is 481 g/mol. The first-order valence-corrected chi connectivity index (χ1v) is 12.4. The van der Waals surface area contributed by atoms with Gasteiger partial charge in [0.2, 0.25) is 0 Å². The summed E-state index contributed by atoms with van der Waals surface area (Å²) in [6, 6.07) is 9.72. The Labute approximate surface area is 207 Å². The normalized spacial score (nSPS) is 22.3. The molecule has 1 saturated heterocycles. The zero-order chi connectivity index (χ0) is 24.9. The SMILES string of the molecule is COC[C@H](C)NC(=O)c1ccc(N2CCCC3CC(NC(=O)c4cccc(OC)c4C)CC32)nc1. The second kappa shape index (κ2) is 11.1. The van der Waals surface area contributed by atoms with Gasteiger partial charge in [-0.3, -0.25) is 9.59 Å². The molecule has 4 atom stereocenters. The van der Waals surface area contributed by atoms with Gasteiger partial charge in [-0.15, -0.1) is 0 Å². The number of rotatable bonds is 8. The monoisotopic (exact) mass is 480 g/mol. The van der Waals surface area contributed by atoms with Gasteiger partial charge in [0.05, 0.1) is 19.3 Å². The number of carbonyl (C=O) groups excluding carboxylic acids is 2. The van der Waals surface area contributed by atoms with E-state index >= 15 is 0 Å². The van der Waals surface area contributed by atoms with Crippen molar-refractivity contribution in [3.8, 4) is 5.75 Å². The van der Waals surface area contributed by atoms with Crippen LogP contribution in [0.5, 0.6) is 5.75 Å². The molecule has 1 aliphatic carbocycles. The third-order valence-electron chi connectivity index (χ3n) is 7.21. The van der Waals surface area contributed by atoms with Gasteiger partial charge in [0, 0.05) is 49.1 Å². The van der Waals surface area contributed by atoms with Crippen LogP contribution in [-0.2, 0) is 4.74 Å². The molecule has 0 radical (unpaired) electrons. The Hall–Kier alpha value is -3.13. The van der Waals surface area contributed by atoms with E-state index in [9.17, 15) is 9.59 Å². The molecule has 4 rings (SSSR count). The summed E-state index contributed by atoms with van der Waals surface area (Å²) in [7, 11) is 3.24. The Kier molecular flexibility index (Phi) is 7.90. The minimum absolute atomic E-state index is 0.0483. The Morgan fingerprint density at radius 1 is 1.17 bits per heavy atom. The third-order valence-corrected chi connectivity index (χ3v) is 7.21. The van der Waals surface area contributed by atoms with Crippen LogP contribution in [0.1, 0.15) is 58.9 Å². The van der Waals surface area contributed by atoms with Crippen LogP contribution >= 0.6 is 0 Å². The molecule has 2 N–H and O–H groups in total. The van der Waals surface area contributed by atoms with Crippen molar-refractivity contribution in [3.63, 3.8) is 0 Å². The molecule has 3 unspecified atom stereocenters. The van der Waals surface area contributed by atoms with Crippen LogP contribution < -0.4 is 20.3 Å². The van der Waals surface area contributed by atoms with Crippen LogP contribution in [0, 0.1) is 12.8 Å². The van der Waals surface area contributed by atoms with Crippen molar-refractivity contribution in [3.05, 3.63) is 53.2 Å². The number of pyridine rings is 1. The summed E-state index contributed by atoms with van der Waals surface area (Å²) in [5, 5.41) is 6.18. The zero-order valence-corrected chi connectivity index (χ0v) is 21.0. The predicted octanol–water partition coefficient (Wildman–Crippen LogP) is 3.34. The molecule has 0 bridgehead atoms. The molecular weight excluding hydrogens is 444 g/mol. The van der Waals surface area contributed by atoms with Crippen molar-refractivity contribution < 1.29 is 19.1 Å². The number of piperidine rings is 1. The Morgan fingerprint density at radius 2 is 2.00 bits per heavy atom. The number of nitrogens with one attached hydrogen (secondary N) is 2. The number of ether oxygens (including phenoxy) is 2. The molecule has 1 aromatic heterocycles. The number of amides is 2. The first-order chi connectivity index (χ1) is 16.9. The van der Waals surface area contributed by atoms with E-state index in [1.165, 1.54) is 0 Å². The van der Waals surface area contributed by atoms with Gasteiger partial charge < -0.3 is 25.0 Å². The van der Waals surface area contributed by atoms with Gasteiger partial charge in [0.15, 0.2) is 0 Å². The lowest BCUT2D eigenvalue weighted by atomic mass is 9.92. The van der Waals surface area contributed by atoms with Gasteiger partial charge in [-0.1, -0.05) is 6.07 Å². The van der Waals surface area contributed by atoms with Crippen LogP contribution in [0.15, 0.2) is 36.5 Å². The number of fused-ring (bicyclic) bond motifs is 1. The van der Waals surface area contributed by atoms with Crippen LogP contribution in [-0.4, -0.2) is 62.3 Å². The van der Waals surface area contributed by atoms with Gasteiger partial charge in [-0.25, -0.2) is 4.98 Å². The van der Waals surface area contributed by atoms with Crippen molar-refractivity contribution >= 4 is 17.6 Å². The van der Waals surface area contributed by atoms with Crippen LogP contribution in [0.2, 0.25) is 0 Å². The van der Waals surface area contributed by atoms with Gasteiger partial charge in [-0.2, -0.15) is 0 Å². The largest absolute Gasteiger partial charge is 0.496 e. The molecule has 8 heteroatoms. The molecule has 2 fully saturated rings. The summed E-state index contributed by atoms with van der Waals surface area (Å²) in [5.74, 6) is 1.92. The Morgan fingerprint density at radius 3 is 2.71 bits per heavy atom. The highest BCUT2D eigenvalue weighted by Gasteiger charge is 2.41. The lowest BCUT2D eigenvalue weighted by molar-refractivity contribution is 0.0903. The first-order valence-electron chi connectivity index (χ1n) is 12.4. The summed E-state index contributed by atoms with van der Waals surface area (Å²) in [6.45, 7) is 5.21. The van der Waals surface area contributed by atoms with E-state index in [0.29, 0.717) is 29.7 Å². The van der Waals surface area contributed by atoms with E-state index in [0.717, 1.165) is 49.4 Å². The van der Waals surface area contributed by atoms with Gasteiger partial charge in [0.1, 0.15) is 11.6 Å². The third kappa shape index (κ3) is 5.59. The maximum atomic E-state index is 13.0.